The average Bonchev–Trinajstić information content (AvgIpc) is 3.34. The van der Waals surface area contributed by atoms with Gasteiger partial charge in [-0.05, 0) is 53.9 Å². The van der Waals surface area contributed by atoms with Crippen LogP contribution in [0.15, 0.2) is 71.6 Å². The van der Waals surface area contributed by atoms with Gasteiger partial charge in [0, 0.05) is 35.2 Å². The van der Waals surface area contributed by atoms with E-state index >= 15 is 0 Å². The number of amides is 1. The molecule has 1 N–H and O–H groups in total. The number of nitrogens with one attached hydrogen (secondary N) is 1. The van der Waals surface area contributed by atoms with Crippen LogP contribution in [0.4, 0.5) is 5.69 Å². The fourth-order valence-electron chi connectivity index (χ4n) is 2.85. The third-order valence-electron chi connectivity index (χ3n) is 4.25. The maximum Gasteiger partial charge on any atom is 0.344 e. The second kappa shape index (κ2) is 7.09. The average molecular weight is 376 g/mol. The number of hydrogen-bond acceptors (Lipinski definition) is 4. The second-order valence-electron chi connectivity index (χ2n) is 6.05. The number of ether oxygens (including phenoxy) is 1. The van der Waals surface area contributed by atoms with Crippen molar-refractivity contribution in [3.8, 4) is 5.75 Å². The third-order valence-corrected chi connectivity index (χ3v) is 4.94. The molecule has 0 saturated heterocycles. The molecule has 2 aromatic heterocycles. The van der Waals surface area contributed by atoms with Crippen LogP contribution in [0.25, 0.3) is 10.9 Å². The van der Waals surface area contributed by atoms with Crippen LogP contribution < -0.4 is 10.1 Å². The van der Waals surface area contributed by atoms with Gasteiger partial charge in [0.15, 0.2) is 0 Å². The molecule has 4 aromatic rings. The van der Waals surface area contributed by atoms with Crippen LogP contribution in [0.5, 0.6) is 5.75 Å². The molecule has 0 bridgehead atoms. The molecule has 0 atom stereocenters. The van der Waals surface area contributed by atoms with Gasteiger partial charge in [-0.25, -0.2) is 4.79 Å². The van der Waals surface area contributed by atoms with Crippen LogP contribution in [0.3, 0.4) is 0 Å². The lowest BCUT2D eigenvalue weighted by atomic mass is 10.1. The molecule has 134 valence electrons. The van der Waals surface area contributed by atoms with E-state index in [1.807, 2.05) is 41.4 Å². The number of aromatic nitrogens is 1. The lowest BCUT2D eigenvalue weighted by Gasteiger charge is -2.08. The number of anilines is 1. The lowest BCUT2D eigenvalue weighted by Crippen LogP contribution is -2.11. The largest absolute Gasteiger partial charge is 0.423 e. The number of carbonyl (C=O) groups is 2. The fraction of sp³-hybridized carbons (Fsp3) is 0.0476. The summed E-state index contributed by atoms with van der Waals surface area (Å²) in [4.78, 5) is 24.6. The van der Waals surface area contributed by atoms with Crippen LogP contribution in [-0.4, -0.2) is 16.4 Å². The minimum absolute atomic E-state index is 0.170. The van der Waals surface area contributed by atoms with E-state index in [0.717, 1.165) is 10.9 Å². The number of carbonyl (C=O) groups excluding carboxylic acids is 2. The highest BCUT2D eigenvalue weighted by atomic mass is 32.1. The maximum atomic E-state index is 12.6. The van der Waals surface area contributed by atoms with Crippen LogP contribution >= 0.6 is 11.3 Å². The monoisotopic (exact) mass is 376 g/mol. The van der Waals surface area contributed by atoms with E-state index in [4.69, 9.17) is 4.74 Å². The van der Waals surface area contributed by atoms with Gasteiger partial charge in [0.1, 0.15) is 5.75 Å². The number of rotatable bonds is 4. The number of esters is 1. The zero-order chi connectivity index (χ0) is 18.8. The molecule has 0 spiro atoms. The van der Waals surface area contributed by atoms with Crippen molar-refractivity contribution in [2.75, 3.05) is 5.32 Å². The molecule has 0 fully saturated rings. The zero-order valence-corrected chi connectivity index (χ0v) is 15.3. The maximum absolute atomic E-state index is 12.6. The predicted molar refractivity (Wildman–Crippen MR) is 107 cm³/mol. The van der Waals surface area contributed by atoms with E-state index in [1.165, 1.54) is 11.3 Å². The summed E-state index contributed by atoms with van der Waals surface area (Å²) in [5.41, 5.74) is 2.74. The Balaban J connectivity index is 1.48. The lowest BCUT2D eigenvalue weighted by molar-refractivity contribution is 0.0736. The smallest absolute Gasteiger partial charge is 0.344 e. The van der Waals surface area contributed by atoms with Gasteiger partial charge in [-0.15, -0.1) is 0 Å². The first-order chi connectivity index (χ1) is 13.1. The summed E-state index contributed by atoms with van der Waals surface area (Å²) < 4.78 is 7.45. The van der Waals surface area contributed by atoms with Gasteiger partial charge in [-0.3, -0.25) is 4.79 Å². The van der Waals surface area contributed by atoms with Gasteiger partial charge in [0.2, 0.25) is 0 Å². The third kappa shape index (κ3) is 3.47. The van der Waals surface area contributed by atoms with Crippen molar-refractivity contribution in [1.29, 1.82) is 0 Å². The van der Waals surface area contributed by atoms with E-state index < -0.39 is 5.97 Å². The summed E-state index contributed by atoms with van der Waals surface area (Å²) in [6.45, 7) is 0. The number of fused-ring (bicyclic) bond motifs is 1. The Labute approximate surface area is 159 Å². The second-order valence-corrected chi connectivity index (χ2v) is 6.83. The molecule has 2 aromatic carbocycles. The van der Waals surface area contributed by atoms with Crippen molar-refractivity contribution in [1.82, 2.24) is 4.57 Å². The summed E-state index contributed by atoms with van der Waals surface area (Å²) >= 11 is 1.47. The normalized spacial score (nSPS) is 10.7. The van der Waals surface area contributed by atoms with Gasteiger partial charge in [-0.1, -0.05) is 6.07 Å². The number of hydrogen-bond donors (Lipinski definition) is 1. The van der Waals surface area contributed by atoms with Crippen molar-refractivity contribution in [3.05, 3.63) is 82.7 Å². The van der Waals surface area contributed by atoms with Gasteiger partial charge in [-0.2, -0.15) is 11.3 Å². The van der Waals surface area contributed by atoms with E-state index in [-0.39, 0.29) is 5.91 Å². The Bertz CT molecular complexity index is 1110. The molecule has 5 nitrogen and oxygen atoms in total. The van der Waals surface area contributed by atoms with Crippen LogP contribution in [0.2, 0.25) is 0 Å². The minimum atomic E-state index is -0.415. The van der Waals surface area contributed by atoms with Gasteiger partial charge in [0.25, 0.3) is 5.91 Å². The Kier molecular flexibility index (Phi) is 4.48. The van der Waals surface area contributed by atoms with Gasteiger partial charge < -0.3 is 14.6 Å². The highest BCUT2D eigenvalue weighted by Gasteiger charge is 2.14. The Morgan fingerprint density at radius 2 is 1.85 bits per heavy atom. The molecule has 0 radical (unpaired) electrons. The summed E-state index contributed by atoms with van der Waals surface area (Å²) in [5, 5.41) is 7.30. The number of nitrogens with zero attached hydrogens (tertiary/aromatic N) is 1. The molecular formula is C21H16N2O3S. The van der Waals surface area contributed by atoms with E-state index in [1.54, 1.807) is 41.8 Å². The first-order valence-corrected chi connectivity index (χ1v) is 9.26. The first kappa shape index (κ1) is 17.1. The van der Waals surface area contributed by atoms with E-state index in [9.17, 15) is 9.59 Å². The van der Waals surface area contributed by atoms with Gasteiger partial charge >= 0.3 is 5.97 Å². The van der Waals surface area contributed by atoms with Crippen molar-refractivity contribution in [2.45, 2.75) is 0 Å². The number of thiophene rings is 1. The first-order valence-electron chi connectivity index (χ1n) is 8.31. The molecular weight excluding hydrogens is 360 g/mol. The highest BCUT2D eigenvalue weighted by molar-refractivity contribution is 7.08. The molecule has 0 saturated carbocycles. The molecule has 0 aliphatic heterocycles. The minimum Gasteiger partial charge on any atom is -0.423 e. The van der Waals surface area contributed by atoms with Gasteiger partial charge in [0.05, 0.1) is 11.1 Å². The SMILES string of the molecule is Cn1ccc2c(C(=O)Oc3ccc(NC(=O)c4ccsc4)cc3)cccc21. The van der Waals surface area contributed by atoms with Crippen molar-refractivity contribution in [2.24, 2.45) is 7.05 Å². The molecule has 27 heavy (non-hydrogen) atoms. The summed E-state index contributed by atoms with van der Waals surface area (Å²) in [7, 11) is 1.93. The highest BCUT2D eigenvalue weighted by Crippen LogP contribution is 2.23. The molecule has 6 heteroatoms. The molecule has 1 amide bonds. The standard InChI is InChI=1S/C21H16N2O3S/c1-23-11-9-17-18(3-2-4-19(17)23)21(25)26-16-7-5-15(6-8-16)22-20(24)14-10-12-27-13-14/h2-13H,1H3,(H,22,24). The van der Waals surface area contributed by atoms with E-state index in [0.29, 0.717) is 22.6 Å². The van der Waals surface area contributed by atoms with Crippen molar-refractivity contribution < 1.29 is 14.3 Å². The Morgan fingerprint density at radius 3 is 2.59 bits per heavy atom. The zero-order valence-electron chi connectivity index (χ0n) is 14.5. The Hall–Kier alpha value is -3.38. The van der Waals surface area contributed by atoms with E-state index in [2.05, 4.69) is 5.32 Å². The summed E-state index contributed by atoms with van der Waals surface area (Å²) in [6.07, 6.45) is 1.91. The quantitative estimate of drug-likeness (QED) is 0.414. The predicted octanol–water partition coefficient (Wildman–Crippen LogP) is 4.71. The molecule has 0 aliphatic carbocycles. The molecule has 2 heterocycles. The molecule has 4 rings (SSSR count). The van der Waals surface area contributed by atoms with Crippen LogP contribution in [0.1, 0.15) is 20.7 Å². The summed E-state index contributed by atoms with van der Waals surface area (Å²) in [6, 6.07) is 15.9. The molecule has 0 aliphatic rings. The molecule has 0 unspecified atom stereocenters. The van der Waals surface area contributed by atoms with Crippen molar-refractivity contribution in [3.63, 3.8) is 0 Å². The fourth-order valence-corrected chi connectivity index (χ4v) is 3.48. The number of benzene rings is 2. The number of aryl methyl sites for hydroxylation is 1. The van der Waals surface area contributed by atoms with Crippen molar-refractivity contribution >= 4 is 39.8 Å². The topological polar surface area (TPSA) is 60.3 Å². The summed E-state index contributed by atoms with van der Waals surface area (Å²) in [5.74, 6) is -0.167. The van der Waals surface area contributed by atoms with Crippen LogP contribution in [-0.2, 0) is 7.05 Å². The Morgan fingerprint density at radius 1 is 1.04 bits per heavy atom. The van der Waals surface area contributed by atoms with Crippen LogP contribution in [0, 0.1) is 0 Å².